The van der Waals surface area contributed by atoms with Crippen molar-refractivity contribution >= 4 is 22.5 Å². The van der Waals surface area contributed by atoms with Gasteiger partial charge in [0.2, 0.25) is 0 Å². The van der Waals surface area contributed by atoms with E-state index in [1.807, 2.05) is 17.0 Å². The molecule has 5 heterocycles. The Bertz CT molecular complexity index is 1530. The van der Waals surface area contributed by atoms with Crippen LogP contribution in [0.3, 0.4) is 0 Å². The summed E-state index contributed by atoms with van der Waals surface area (Å²) < 4.78 is 3.49. The number of anilines is 1. The Hall–Kier alpha value is -3.81. The number of aromatic nitrogens is 5. The Morgan fingerprint density at radius 3 is 2.69 bits per heavy atom. The highest BCUT2D eigenvalue weighted by Gasteiger charge is 2.29. The molecular weight excluding hydrogens is 444 g/mol. The highest BCUT2D eigenvalue weighted by molar-refractivity contribution is 5.83. The van der Waals surface area contributed by atoms with Gasteiger partial charge < -0.3 is 15.7 Å². The summed E-state index contributed by atoms with van der Waals surface area (Å²) in [6.07, 6.45) is 6.66. The Morgan fingerprint density at radius 2 is 1.94 bits per heavy atom. The fraction of sp³-hybridized carbons (Fsp3) is 0.400. The quantitative estimate of drug-likeness (QED) is 0.464. The number of hydrogen-bond acceptors (Lipinski definition) is 8. The number of hydrogen-bond donors (Lipinski definition) is 2. The van der Waals surface area contributed by atoms with Gasteiger partial charge in [-0.15, -0.1) is 0 Å². The molecule has 1 saturated heterocycles. The maximum absolute atomic E-state index is 13.8. The number of nitrogens with zero attached hydrogens (tertiary/aromatic N) is 7. The molecule has 10 heteroatoms. The summed E-state index contributed by atoms with van der Waals surface area (Å²) in [7, 11) is 0. The lowest BCUT2D eigenvalue weighted by Gasteiger charge is -2.29. The number of pyridine rings is 2. The van der Waals surface area contributed by atoms with Crippen LogP contribution in [0.25, 0.3) is 27.9 Å². The van der Waals surface area contributed by atoms with Crippen LogP contribution in [0.5, 0.6) is 0 Å². The van der Waals surface area contributed by atoms with E-state index in [1.54, 1.807) is 33.6 Å². The van der Waals surface area contributed by atoms with Gasteiger partial charge in [0.15, 0.2) is 11.5 Å². The maximum Gasteiger partial charge on any atom is 0.295 e. The first-order valence-electron chi connectivity index (χ1n) is 12.0. The van der Waals surface area contributed by atoms with Crippen LogP contribution in [0.4, 0.5) is 5.82 Å². The first-order chi connectivity index (χ1) is 17.0. The van der Waals surface area contributed by atoms with Crippen molar-refractivity contribution in [1.82, 2.24) is 24.1 Å². The van der Waals surface area contributed by atoms with Crippen LogP contribution in [0.1, 0.15) is 43.7 Å². The summed E-state index contributed by atoms with van der Waals surface area (Å²) in [5, 5.41) is 23.8. The van der Waals surface area contributed by atoms with Gasteiger partial charge in [0.25, 0.3) is 5.56 Å². The van der Waals surface area contributed by atoms with Crippen LogP contribution in [0.15, 0.2) is 41.5 Å². The number of rotatable bonds is 3. The fourth-order valence-electron chi connectivity index (χ4n) is 5.31. The Balaban J connectivity index is 1.54. The summed E-state index contributed by atoms with van der Waals surface area (Å²) in [4.78, 5) is 25.4. The van der Waals surface area contributed by atoms with Crippen molar-refractivity contribution in [2.75, 3.05) is 18.0 Å². The monoisotopic (exact) mass is 470 g/mol. The third-order valence-electron chi connectivity index (χ3n) is 7.20. The van der Waals surface area contributed by atoms with Crippen molar-refractivity contribution in [2.45, 2.75) is 50.3 Å². The molecule has 2 aliphatic rings. The third kappa shape index (κ3) is 3.73. The molecule has 3 N–H and O–H groups in total. The topological polar surface area (TPSA) is 138 Å². The summed E-state index contributed by atoms with van der Waals surface area (Å²) in [6.45, 7) is 1.31. The van der Waals surface area contributed by atoms with E-state index < -0.39 is 0 Å². The van der Waals surface area contributed by atoms with E-state index in [-0.39, 0.29) is 23.7 Å². The van der Waals surface area contributed by atoms with E-state index in [1.165, 1.54) is 0 Å². The highest BCUT2D eigenvalue weighted by atomic mass is 16.3. The minimum atomic E-state index is -0.331. The lowest BCUT2D eigenvalue weighted by atomic mass is 9.93. The Morgan fingerprint density at radius 1 is 1.11 bits per heavy atom. The zero-order valence-electron chi connectivity index (χ0n) is 19.2. The SMILES string of the molecule is N#Cc1ccn2ncc(-c3ccc4nc(N5CC[C@@H](N)C5)c(=O)n([C@H]5CC[C@H](O)CC5)c4n3)c2c1. The van der Waals surface area contributed by atoms with Gasteiger partial charge in [0.1, 0.15) is 5.52 Å². The average molecular weight is 471 g/mol. The molecule has 1 aliphatic carbocycles. The zero-order chi connectivity index (χ0) is 24.1. The van der Waals surface area contributed by atoms with E-state index in [2.05, 4.69) is 11.2 Å². The van der Waals surface area contributed by atoms with Gasteiger partial charge >= 0.3 is 0 Å². The molecule has 0 radical (unpaired) electrons. The summed E-state index contributed by atoms with van der Waals surface area (Å²) in [5.41, 5.74) is 9.85. The van der Waals surface area contributed by atoms with Crippen LogP contribution in [-0.2, 0) is 0 Å². The van der Waals surface area contributed by atoms with Crippen molar-refractivity contribution in [3.8, 4) is 17.3 Å². The van der Waals surface area contributed by atoms with E-state index >= 15 is 0 Å². The molecule has 0 unspecified atom stereocenters. The first kappa shape index (κ1) is 21.7. The Kier molecular flexibility index (Phi) is 5.24. The average Bonchev–Trinajstić information content (AvgIpc) is 3.50. The van der Waals surface area contributed by atoms with Crippen LogP contribution in [-0.4, -0.2) is 54.5 Å². The minimum absolute atomic E-state index is 0.0274. The molecule has 0 spiro atoms. The van der Waals surface area contributed by atoms with Crippen molar-refractivity contribution in [3.63, 3.8) is 0 Å². The van der Waals surface area contributed by atoms with Gasteiger partial charge in [-0.2, -0.15) is 10.4 Å². The molecular formula is C25H26N8O2. The minimum Gasteiger partial charge on any atom is -0.393 e. The van der Waals surface area contributed by atoms with Gasteiger partial charge in [0, 0.05) is 36.9 Å². The molecule has 0 amide bonds. The predicted octanol–water partition coefficient (Wildman–Crippen LogP) is 1.99. The molecule has 0 aromatic carbocycles. The molecule has 2 fully saturated rings. The summed E-state index contributed by atoms with van der Waals surface area (Å²) >= 11 is 0. The largest absolute Gasteiger partial charge is 0.393 e. The number of fused-ring (bicyclic) bond motifs is 2. The lowest BCUT2D eigenvalue weighted by molar-refractivity contribution is 0.111. The van der Waals surface area contributed by atoms with Crippen molar-refractivity contribution < 1.29 is 5.11 Å². The maximum atomic E-state index is 13.8. The third-order valence-corrected chi connectivity index (χ3v) is 7.20. The molecule has 1 saturated carbocycles. The number of nitriles is 1. The Labute approximate surface area is 201 Å². The summed E-state index contributed by atoms with van der Waals surface area (Å²) in [5.74, 6) is 0.417. The van der Waals surface area contributed by atoms with Crippen molar-refractivity contribution in [3.05, 3.63) is 52.6 Å². The number of nitrogens with two attached hydrogens (primary N) is 1. The van der Waals surface area contributed by atoms with Gasteiger partial charge in [-0.25, -0.2) is 14.5 Å². The van der Waals surface area contributed by atoms with Crippen LogP contribution < -0.4 is 16.2 Å². The molecule has 1 atom stereocenters. The molecule has 6 rings (SSSR count). The molecule has 4 aromatic rings. The van der Waals surface area contributed by atoms with E-state index in [9.17, 15) is 15.2 Å². The van der Waals surface area contributed by atoms with Crippen LogP contribution >= 0.6 is 0 Å². The molecule has 178 valence electrons. The molecule has 0 bridgehead atoms. The van der Waals surface area contributed by atoms with E-state index in [4.69, 9.17) is 15.7 Å². The fourth-order valence-corrected chi connectivity index (χ4v) is 5.31. The normalized spacial score (nSPS) is 22.7. The zero-order valence-corrected chi connectivity index (χ0v) is 19.2. The van der Waals surface area contributed by atoms with Gasteiger partial charge in [-0.05, 0) is 56.4 Å². The first-order valence-corrected chi connectivity index (χ1v) is 12.0. The summed E-state index contributed by atoms with van der Waals surface area (Å²) in [6, 6.07) is 9.39. The van der Waals surface area contributed by atoms with Gasteiger partial charge in [0.05, 0.1) is 35.1 Å². The smallest absolute Gasteiger partial charge is 0.295 e. The number of aliphatic hydroxyl groups excluding tert-OH is 1. The lowest BCUT2D eigenvalue weighted by Crippen LogP contribution is -2.37. The van der Waals surface area contributed by atoms with Gasteiger partial charge in [-0.3, -0.25) is 9.36 Å². The van der Waals surface area contributed by atoms with Crippen molar-refractivity contribution in [1.29, 1.82) is 5.26 Å². The molecule has 35 heavy (non-hydrogen) atoms. The number of aliphatic hydroxyl groups is 1. The standard InChI is InChI=1S/C25H26N8O2/c26-12-15-7-10-32-22(11-15)19(13-28-32)20-5-6-21-23(29-20)33(17-1-3-18(34)4-2-17)25(35)24(30-21)31-9-8-16(27)14-31/h5-7,10-11,13,16-18,34H,1-4,8-9,14,27H2/t16-,17-,18-/m1/s1. The molecule has 1 aliphatic heterocycles. The van der Waals surface area contributed by atoms with Crippen LogP contribution in [0.2, 0.25) is 0 Å². The second-order valence-corrected chi connectivity index (χ2v) is 9.52. The van der Waals surface area contributed by atoms with Gasteiger partial charge in [-0.1, -0.05) is 0 Å². The van der Waals surface area contributed by atoms with Crippen LogP contribution in [0, 0.1) is 11.3 Å². The van der Waals surface area contributed by atoms with Crippen molar-refractivity contribution in [2.24, 2.45) is 5.73 Å². The van der Waals surface area contributed by atoms with E-state index in [0.717, 1.165) is 17.5 Å². The highest BCUT2D eigenvalue weighted by Crippen LogP contribution is 2.32. The predicted molar refractivity (Wildman–Crippen MR) is 131 cm³/mol. The van der Waals surface area contributed by atoms with E-state index in [0.29, 0.717) is 67.0 Å². The molecule has 4 aromatic heterocycles. The molecule has 10 nitrogen and oxygen atoms in total. The second-order valence-electron chi connectivity index (χ2n) is 9.52. The second kappa shape index (κ2) is 8.45.